The van der Waals surface area contributed by atoms with E-state index in [1.807, 2.05) is 0 Å². The van der Waals surface area contributed by atoms with Gasteiger partial charge in [-0.05, 0) is 26.2 Å². The summed E-state index contributed by atoms with van der Waals surface area (Å²) in [4.78, 5) is 22.7. The second-order valence-corrected chi connectivity index (χ2v) is 4.35. The minimum absolute atomic E-state index is 0.0306. The summed E-state index contributed by atoms with van der Waals surface area (Å²) in [6.07, 6.45) is 2.26. The molecule has 1 heterocycles. The van der Waals surface area contributed by atoms with Gasteiger partial charge in [0.1, 0.15) is 6.10 Å². The Labute approximate surface area is 88.7 Å². The van der Waals surface area contributed by atoms with Gasteiger partial charge in [0.05, 0.1) is 12.0 Å². The van der Waals surface area contributed by atoms with Gasteiger partial charge in [-0.15, -0.1) is 0 Å². The van der Waals surface area contributed by atoms with Gasteiger partial charge < -0.3 is 10.1 Å². The zero-order chi connectivity index (χ0) is 11.0. The number of amides is 1. The molecule has 82 valence electrons. The van der Waals surface area contributed by atoms with Gasteiger partial charge >= 0.3 is 5.97 Å². The van der Waals surface area contributed by atoms with Crippen molar-refractivity contribution in [3.8, 4) is 0 Å². The molecule has 0 aromatic rings. The number of carbonyl (C=O) groups is 2. The van der Waals surface area contributed by atoms with Crippen molar-refractivity contribution in [1.29, 1.82) is 0 Å². The van der Waals surface area contributed by atoms with Crippen molar-refractivity contribution >= 4 is 11.9 Å². The van der Waals surface area contributed by atoms with E-state index in [1.165, 1.54) is 0 Å². The third-order valence-electron chi connectivity index (χ3n) is 3.10. The number of nitrogens with one attached hydrogen (secondary N) is 1. The molecule has 2 bridgehead atoms. The van der Waals surface area contributed by atoms with Gasteiger partial charge in [-0.2, -0.15) is 0 Å². The van der Waals surface area contributed by atoms with E-state index in [1.54, 1.807) is 6.92 Å². The molecule has 0 aromatic carbocycles. The van der Waals surface area contributed by atoms with Crippen molar-refractivity contribution in [3.05, 3.63) is 12.2 Å². The fourth-order valence-electron chi connectivity index (χ4n) is 2.18. The molecule has 4 nitrogen and oxygen atoms in total. The largest absolute Gasteiger partial charge is 0.460 e. The van der Waals surface area contributed by atoms with Crippen molar-refractivity contribution in [2.45, 2.75) is 38.3 Å². The van der Waals surface area contributed by atoms with E-state index >= 15 is 0 Å². The monoisotopic (exact) mass is 209 g/mol. The lowest BCUT2D eigenvalue weighted by Gasteiger charge is -2.26. The predicted molar refractivity (Wildman–Crippen MR) is 54.0 cm³/mol. The van der Waals surface area contributed by atoms with Crippen LogP contribution in [0.5, 0.6) is 0 Å². The first kappa shape index (κ1) is 10.2. The Morgan fingerprint density at radius 2 is 2.27 bits per heavy atom. The van der Waals surface area contributed by atoms with Gasteiger partial charge in [0.25, 0.3) is 0 Å². The second kappa shape index (κ2) is 3.68. The number of esters is 1. The lowest BCUT2D eigenvalue weighted by Crippen LogP contribution is -2.44. The van der Waals surface area contributed by atoms with Crippen LogP contribution in [-0.4, -0.2) is 24.0 Å². The van der Waals surface area contributed by atoms with Gasteiger partial charge in [0, 0.05) is 5.57 Å². The fourth-order valence-corrected chi connectivity index (χ4v) is 2.18. The van der Waals surface area contributed by atoms with Gasteiger partial charge in [-0.25, -0.2) is 0 Å². The normalized spacial score (nSPS) is 33.4. The smallest absolute Gasteiger partial charge is 0.309 e. The zero-order valence-electron chi connectivity index (χ0n) is 8.79. The number of ether oxygens (including phenoxy) is 1. The highest BCUT2D eigenvalue weighted by Crippen LogP contribution is 2.34. The maximum absolute atomic E-state index is 11.4. The minimum atomic E-state index is -0.151. The highest BCUT2D eigenvalue weighted by atomic mass is 16.6. The molecule has 0 aromatic heterocycles. The lowest BCUT2D eigenvalue weighted by atomic mass is 9.86. The Hall–Kier alpha value is -1.32. The van der Waals surface area contributed by atoms with E-state index in [-0.39, 0.29) is 29.9 Å². The number of hydrogen-bond donors (Lipinski definition) is 1. The molecule has 0 spiro atoms. The molecule has 2 rings (SSSR count). The highest BCUT2D eigenvalue weighted by molar-refractivity contribution is 5.92. The third kappa shape index (κ3) is 1.89. The standard InChI is InChI=1S/C11H15NO3/c1-6(2)10(13)12-8-4-3-7-5-9(8)15-11(7)14/h7-9H,1,3-5H2,2H3,(H,12,13). The van der Waals surface area contributed by atoms with Gasteiger partial charge in [-0.3, -0.25) is 9.59 Å². The van der Waals surface area contributed by atoms with E-state index in [2.05, 4.69) is 11.9 Å². The van der Waals surface area contributed by atoms with E-state index in [9.17, 15) is 9.59 Å². The van der Waals surface area contributed by atoms with E-state index in [4.69, 9.17) is 4.74 Å². The van der Waals surface area contributed by atoms with Gasteiger partial charge in [0.2, 0.25) is 5.91 Å². The molecule has 4 heteroatoms. The summed E-state index contributed by atoms with van der Waals surface area (Å²) in [5.41, 5.74) is 0.487. The Balaban J connectivity index is 1.97. The molecule has 2 aliphatic rings. The van der Waals surface area contributed by atoms with Crippen LogP contribution in [0.4, 0.5) is 0 Å². The average Bonchev–Trinajstić information content (AvgIpc) is 2.48. The lowest BCUT2D eigenvalue weighted by molar-refractivity contribution is -0.144. The predicted octanol–water partition coefficient (Wildman–Crippen LogP) is 0.773. The Bertz CT molecular complexity index is 324. The van der Waals surface area contributed by atoms with E-state index in [0.717, 1.165) is 19.3 Å². The average molecular weight is 209 g/mol. The first-order chi connectivity index (χ1) is 7.08. The summed E-state index contributed by atoms with van der Waals surface area (Å²) in [6, 6.07) is -0.0306. The Morgan fingerprint density at radius 3 is 2.93 bits per heavy atom. The first-order valence-electron chi connectivity index (χ1n) is 5.25. The molecule has 2 fully saturated rings. The number of carbonyl (C=O) groups excluding carboxylic acids is 2. The minimum Gasteiger partial charge on any atom is -0.460 e. The summed E-state index contributed by atoms with van der Waals surface area (Å²) in [6.45, 7) is 5.25. The van der Waals surface area contributed by atoms with E-state index in [0.29, 0.717) is 5.57 Å². The van der Waals surface area contributed by atoms with Crippen LogP contribution in [0.25, 0.3) is 0 Å². The maximum Gasteiger partial charge on any atom is 0.309 e. The van der Waals surface area contributed by atoms with Crippen molar-refractivity contribution in [2.75, 3.05) is 0 Å². The van der Waals surface area contributed by atoms with Crippen LogP contribution in [0.2, 0.25) is 0 Å². The number of fused-ring (bicyclic) bond motifs is 2. The van der Waals surface area contributed by atoms with Crippen LogP contribution >= 0.6 is 0 Å². The van der Waals surface area contributed by atoms with Crippen LogP contribution in [0, 0.1) is 5.92 Å². The molecule has 1 N–H and O–H groups in total. The summed E-state index contributed by atoms with van der Waals surface area (Å²) in [7, 11) is 0. The topological polar surface area (TPSA) is 55.4 Å². The SMILES string of the molecule is C=C(C)C(=O)NC1CCC2CC1OC2=O. The number of rotatable bonds is 2. The van der Waals surface area contributed by atoms with Crippen LogP contribution < -0.4 is 5.32 Å². The molecule has 1 saturated heterocycles. The molecule has 15 heavy (non-hydrogen) atoms. The van der Waals surface area contributed by atoms with Crippen molar-refractivity contribution in [1.82, 2.24) is 5.32 Å². The zero-order valence-corrected chi connectivity index (χ0v) is 8.79. The molecule has 3 atom stereocenters. The summed E-state index contributed by atoms with van der Waals surface area (Å²) >= 11 is 0. The fraction of sp³-hybridized carbons (Fsp3) is 0.636. The first-order valence-corrected chi connectivity index (χ1v) is 5.25. The van der Waals surface area contributed by atoms with Crippen LogP contribution in [-0.2, 0) is 14.3 Å². The summed E-state index contributed by atoms with van der Waals surface area (Å²) < 4.78 is 5.20. The van der Waals surface area contributed by atoms with Gasteiger partial charge in [0.15, 0.2) is 0 Å². The van der Waals surface area contributed by atoms with Crippen molar-refractivity contribution in [3.63, 3.8) is 0 Å². The highest BCUT2D eigenvalue weighted by Gasteiger charge is 2.43. The summed E-state index contributed by atoms with van der Waals surface area (Å²) in [5, 5.41) is 2.85. The molecule has 1 amide bonds. The van der Waals surface area contributed by atoms with Gasteiger partial charge in [-0.1, -0.05) is 6.58 Å². The van der Waals surface area contributed by atoms with E-state index < -0.39 is 0 Å². The molecule has 1 aliphatic carbocycles. The Morgan fingerprint density at radius 1 is 1.53 bits per heavy atom. The Kier molecular flexibility index (Phi) is 2.50. The van der Waals surface area contributed by atoms with Crippen LogP contribution in [0.15, 0.2) is 12.2 Å². The molecular weight excluding hydrogens is 194 g/mol. The molecule has 1 saturated carbocycles. The molecule has 3 unspecified atom stereocenters. The van der Waals surface area contributed by atoms with Crippen LogP contribution in [0.1, 0.15) is 26.2 Å². The number of hydrogen-bond acceptors (Lipinski definition) is 3. The molecule has 0 radical (unpaired) electrons. The van der Waals surface area contributed by atoms with Crippen molar-refractivity contribution < 1.29 is 14.3 Å². The van der Waals surface area contributed by atoms with Crippen molar-refractivity contribution in [2.24, 2.45) is 5.92 Å². The third-order valence-corrected chi connectivity index (χ3v) is 3.10. The summed E-state index contributed by atoms with van der Waals surface area (Å²) in [5.74, 6) is -0.193. The molecule has 1 aliphatic heterocycles. The quantitative estimate of drug-likeness (QED) is 0.540. The maximum atomic E-state index is 11.4. The second-order valence-electron chi connectivity index (χ2n) is 4.35. The molecular formula is C11H15NO3. The van der Waals surface area contributed by atoms with Crippen LogP contribution in [0.3, 0.4) is 0 Å².